The Morgan fingerprint density at radius 2 is 1.93 bits per heavy atom. The summed E-state index contributed by atoms with van der Waals surface area (Å²) >= 11 is 7.09. The molecule has 0 fully saturated rings. The summed E-state index contributed by atoms with van der Waals surface area (Å²) in [5.41, 5.74) is 1.12. The zero-order valence-corrected chi connectivity index (χ0v) is 15.7. The van der Waals surface area contributed by atoms with Crippen LogP contribution < -0.4 is 5.32 Å². The number of hydrogen-bond acceptors (Lipinski definition) is 5. The van der Waals surface area contributed by atoms with Crippen LogP contribution in [0.5, 0.6) is 0 Å². The molecular weight excluding hydrogens is 391 g/mol. The summed E-state index contributed by atoms with van der Waals surface area (Å²) in [6.45, 7) is 1.46. The average molecular weight is 405 g/mol. The molecule has 0 aliphatic heterocycles. The van der Waals surface area contributed by atoms with Crippen molar-refractivity contribution in [3.05, 3.63) is 70.6 Å². The predicted molar refractivity (Wildman–Crippen MR) is 102 cm³/mol. The summed E-state index contributed by atoms with van der Waals surface area (Å²) in [5, 5.41) is 2.71. The number of halogens is 2. The highest BCUT2D eigenvalue weighted by molar-refractivity contribution is 7.17. The Morgan fingerprint density at radius 1 is 1.19 bits per heavy atom. The number of anilines is 1. The van der Waals surface area contributed by atoms with Crippen molar-refractivity contribution in [2.24, 2.45) is 0 Å². The van der Waals surface area contributed by atoms with Gasteiger partial charge in [0.1, 0.15) is 10.7 Å². The molecule has 0 bridgehead atoms. The Balaban J connectivity index is 1.64. The molecule has 138 valence electrons. The predicted octanol–water partition coefficient (Wildman–Crippen LogP) is 4.79. The molecule has 0 saturated carbocycles. The van der Waals surface area contributed by atoms with Gasteiger partial charge in [0.15, 0.2) is 11.3 Å². The first kappa shape index (κ1) is 19.0. The van der Waals surface area contributed by atoms with E-state index >= 15 is 0 Å². The molecule has 1 atom stereocenters. The van der Waals surface area contributed by atoms with Gasteiger partial charge in [-0.2, -0.15) is 0 Å². The number of nitrogens with zero attached hydrogens (tertiary/aromatic N) is 1. The molecule has 2 aromatic heterocycles. The number of rotatable bonds is 5. The SMILES string of the molecule is C[C@H](OC(=O)c1ccc(-c2ccc(F)cc2)s1)C(=O)Nc1cccnc1Cl. The minimum atomic E-state index is -1.02. The Hall–Kier alpha value is -2.77. The van der Waals surface area contributed by atoms with E-state index in [1.165, 1.54) is 36.6 Å². The van der Waals surface area contributed by atoms with Crippen molar-refractivity contribution in [1.29, 1.82) is 0 Å². The first-order valence-electron chi connectivity index (χ1n) is 7.92. The molecule has 1 amide bonds. The maximum Gasteiger partial charge on any atom is 0.349 e. The van der Waals surface area contributed by atoms with Crippen LogP contribution in [0.3, 0.4) is 0 Å². The van der Waals surface area contributed by atoms with Crippen LogP contribution >= 0.6 is 22.9 Å². The highest BCUT2D eigenvalue weighted by atomic mass is 35.5. The van der Waals surface area contributed by atoms with Crippen LogP contribution in [0.15, 0.2) is 54.7 Å². The maximum absolute atomic E-state index is 13.0. The van der Waals surface area contributed by atoms with Crippen molar-refractivity contribution in [3.8, 4) is 10.4 Å². The molecule has 27 heavy (non-hydrogen) atoms. The van der Waals surface area contributed by atoms with Gasteiger partial charge in [0.2, 0.25) is 0 Å². The zero-order chi connectivity index (χ0) is 19.4. The lowest BCUT2D eigenvalue weighted by Crippen LogP contribution is -2.29. The average Bonchev–Trinajstić information content (AvgIpc) is 3.14. The van der Waals surface area contributed by atoms with E-state index < -0.39 is 18.0 Å². The summed E-state index contributed by atoms with van der Waals surface area (Å²) < 4.78 is 18.2. The van der Waals surface area contributed by atoms with Crippen LogP contribution in [-0.4, -0.2) is 23.0 Å². The number of hydrogen-bond donors (Lipinski definition) is 1. The lowest BCUT2D eigenvalue weighted by molar-refractivity contribution is -0.123. The van der Waals surface area contributed by atoms with E-state index in [1.54, 1.807) is 36.4 Å². The number of benzene rings is 1. The fourth-order valence-electron chi connectivity index (χ4n) is 2.20. The standard InChI is InChI=1S/C19H14ClFN2O3S/c1-11(18(24)23-14-3-2-10-22-17(14)20)26-19(25)16-9-8-15(27-16)12-4-6-13(21)7-5-12/h2-11H,1H3,(H,23,24)/t11-/m0/s1. The highest BCUT2D eigenvalue weighted by Crippen LogP contribution is 2.29. The second-order valence-corrected chi connectivity index (χ2v) is 6.99. The van der Waals surface area contributed by atoms with Crippen molar-refractivity contribution in [2.45, 2.75) is 13.0 Å². The van der Waals surface area contributed by atoms with E-state index in [0.29, 0.717) is 10.6 Å². The molecule has 0 spiro atoms. The normalized spacial score (nSPS) is 11.7. The fourth-order valence-corrected chi connectivity index (χ4v) is 3.26. The zero-order valence-electron chi connectivity index (χ0n) is 14.1. The topological polar surface area (TPSA) is 68.3 Å². The Morgan fingerprint density at radius 3 is 2.63 bits per heavy atom. The van der Waals surface area contributed by atoms with Crippen LogP contribution in [0.25, 0.3) is 10.4 Å². The largest absolute Gasteiger partial charge is 0.448 e. The van der Waals surface area contributed by atoms with Crippen LogP contribution in [0.2, 0.25) is 5.15 Å². The van der Waals surface area contributed by atoms with Crippen molar-refractivity contribution >= 4 is 40.5 Å². The Kier molecular flexibility index (Phi) is 5.83. The summed E-state index contributed by atoms with van der Waals surface area (Å²) in [5.74, 6) is -1.47. The molecule has 5 nitrogen and oxygen atoms in total. The molecule has 3 aromatic rings. The fraction of sp³-hybridized carbons (Fsp3) is 0.105. The van der Waals surface area contributed by atoms with Gasteiger partial charge in [-0.05, 0) is 48.9 Å². The van der Waals surface area contributed by atoms with Gasteiger partial charge in [0.05, 0.1) is 5.69 Å². The number of ether oxygens (including phenoxy) is 1. The van der Waals surface area contributed by atoms with E-state index in [1.807, 2.05) is 0 Å². The molecule has 0 saturated heterocycles. The van der Waals surface area contributed by atoms with Gasteiger partial charge >= 0.3 is 5.97 Å². The number of thiophene rings is 1. The molecule has 0 unspecified atom stereocenters. The van der Waals surface area contributed by atoms with Crippen molar-refractivity contribution < 1.29 is 18.7 Å². The van der Waals surface area contributed by atoms with E-state index in [9.17, 15) is 14.0 Å². The van der Waals surface area contributed by atoms with Crippen LogP contribution in [0, 0.1) is 5.82 Å². The number of carbonyl (C=O) groups excluding carboxylic acids is 2. The number of pyridine rings is 1. The Bertz CT molecular complexity index is 975. The monoisotopic (exact) mass is 404 g/mol. The lowest BCUT2D eigenvalue weighted by atomic mass is 10.2. The molecule has 3 rings (SSSR count). The van der Waals surface area contributed by atoms with Gasteiger partial charge in [-0.1, -0.05) is 23.7 Å². The molecule has 0 aliphatic carbocycles. The van der Waals surface area contributed by atoms with Gasteiger partial charge in [-0.3, -0.25) is 4.79 Å². The van der Waals surface area contributed by atoms with Gasteiger partial charge in [0.25, 0.3) is 5.91 Å². The first-order valence-corrected chi connectivity index (χ1v) is 9.11. The van der Waals surface area contributed by atoms with Crippen molar-refractivity contribution in [2.75, 3.05) is 5.32 Å². The van der Waals surface area contributed by atoms with Crippen LogP contribution in [0.4, 0.5) is 10.1 Å². The molecular formula is C19H14ClFN2O3S. The lowest BCUT2D eigenvalue weighted by Gasteiger charge is -2.13. The number of esters is 1. The molecule has 0 radical (unpaired) electrons. The third-order valence-electron chi connectivity index (χ3n) is 3.61. The van der Waals surface area contributed by atoms with E-state index in [-0.39, 0.29) is 11.0 Å². The van der Waals surface area contributed by atoms with Crippen molar-refractivity contribution in [1.82, 2.24) is 4.98 Å². The van der Waals surface area contributed by atoms with Crippen LogP contribution in [0.1, 0.15) is 16.6 Å². The summed E-state index contributed by atoms with van der Waals surface area (Å²) in [6, 6.07) is 12.5. The van der Waals surface area contributed by atoms with Gasteiger partial charge in [0, 0.05) is 11.1 Å². The molecule has 1 aromatic carbocycles. The minimum Gasteiger partial charge on any atom is -0.448 e. The van der Waals surface area contributed by atoms with Gasteiger partial charge < -0.3 is 10.1 Å². The maximum atomic E-state index is 13.0. The number of amides is 1. The minimum absolute atomic E-state index is 0.145. The summed E-state index contributed by atoms with van der Waals surface area (Å²) in [6.07, 6.45) is 0.474. The number of carbonyl (C=O) groups is 2. The van der Waals surface area contributed by atoms with E-state index in [0.717, 1.165) is 10.4 Å². The highest BCUT2D eigenvalue weighted by Gasteiger charge is 2.21. The summed E-state index contributed by atoms with van der Waals surface area (Å²) in [7, 11) is 0. The quantitative estimate of drug-likeness (QED) is 0.490. The second-order valence-electron chi connectivity index (χ2n) is 5.55. The smallest absolute Gasteiger partial charge is 0.349 e. The first-order chi connectivity index (χ1) is 12.9. The van der Waals surface area contributed by atoms with Crippen LogP contribution in [-0.2, 0) is 9.53 Å². The Labute approximate surface area is 163 Å². The molecule has 2 heterocycles. The number of aromatic nitrogens is 1. The third kappa shape index (κ3) is 4.69. The van der Waals surface area contributed by atoms with E-state index in [4.69, 9.17) is 16.3 Å². The third-order valence-corrected chi connectivity index (χ3v) is 5.02. The van der Waals surface area contributed by atoms with E-state index in [2.05, 4.69) is 10.3 Å². The number of nitrogens with one attached hydrogen (secondary N) is 1. The van der Waals surface area contributed by atoms with Gasteiger partial charge in [-0.25, -0.2) is 14.2 Å². The molecule has 8 heteroatoms. The molecule has 0 aliphatic rings. The van der Waals surface area contributed by atoms with Gasteiger partial charge in [-0.15, -0.1) is 11.3 Å². The summed E-state index contributed by atoms with van der Waals surface area (Å²) in [4.78, 5) is 29.5. The molecule has 1 N–H and O–H groups in total. The van der Waals surface area contributed by atoms with Crippen molar-refractivity contribution in [3.63, 3.8) is 0 Å². The second kappa shape index (κ2) is 8.28.